The summed E-state index contributed by atoms with van der Waals surface area (Å²) in [6, 6.07) is 4.33. The number of anilines is 1. The van der Waals surface area contributed by atoms with E-state index in [1.54, 1.807) is 15.9 Å². The molecule has 1 amide bonds. The number of hydrogen-bond acceptors (Lipinski definition) is 5. The first-order valence-corrected chi connectivity index (χ1v) is 9.60. The van der Waals surface area contributed by atoms with Crippen LogP contribution in [0.1, 0.15) is 25.8 Å². The van der Waals surface area contributed by atoms with Crippen molar-refractivity contribution < 1.29 is 23.1 Å². The number of sulfonamides is 1. The van der Waals surface area contributed by atoms with Crippen molar-refractivity contribution >= 4 is 40.0 Å². The van der Waals surface area contributed by atoms with Gasteiger partial charge in [0.25, 0.3) is 0 Å². The van der Waals surface area contributed by atoms with E-state index in [-0.39, 0.29) is 42.3 Å². The number of carbonyl (C=O) groups is 2. The highest BCUT2D eigenvalue weighted by Crippen LogP contribution is 2.33. The summed E-state index contributed by atoms with van der Waals surface area (Å²) in [4.78, 5) is 26.9. The normalized spacial score (nSPS) is 16.3. The minimum Gasteiger partial charge on any atom is -0.480 e. The van der Waals surface area contributed by atoms with Gasteiger partial charge in [-0.15, -0.1) is 12.4 Å². The second-order valence-electron chi connectivity index (χ2n) is 6.26. The topological polar surface area (TPSA) is 121 Å². The molecule has 3 N–H and O–H groups in total. The lowest BCUT2D eigenvalue weighted by atomic mass is 10.1. The van der Waals surface area contributed by atoms with Crippen LogP contribution in [0.5, 0.6) is 0 Å². The number of carboxylic acids is 1. The summed E-state index contributed by atoms with van der Waals surface area (Å²) in [6.45, 7) is 4.11. The number of primary sulfonamides is 1. The Labute approximate surface area is 159 Å². The Bertz CT molecular complexity index is 784. The van der Waals surface area contributed by atoms with Gasteiger partial charge in [-0.05, 0) is 50.1 Å². The lowest BCUT2D eigenvalue weighted by Crippen LogP contribution is -2.44. The summed E-state index contributed by atoms with van der Waals surface area (Å²) in [5, 5.41) is 14.1. The number of hydrogen-bond donors (Lipinski definition) is 2. The van der Waals surface area contributed by atoms with Crippen LogP contribution in [-0.2, 0) is 26.0 Å². The molecule has 0 saturated heterocycles. The maximum absolute atomic E-state index is 12.7. The van der Waals surface area contributed by atoms with Crippen molar-refractivity contribution in [1.29, 1.82) is 0 Å². The lowest BCUT2D eigenvalue weighted by molar-refractivity contribution is -0.138. The monoisotopic (exact) mass is 405 g/mol. The molecule has 0 spiro atoms. The molecule has 1 aromatic rings. The molecular formula is C16H24ClN3O5S. The van der Waals surface area contributed by atoms with Crippen molar-refractivity contribution in [3.05, 3.63) is 23.8 Å². The molecule has 0 bridgehead atoms. The molecule has 1 aromatic carbocycles. The molecule has 26 heavy (non-hydrogen) atoms. The number of benzene rings is 1. The maximum Gasteiger partial charge on any atom is 0.317 e. The molecule has 1 unspecified atom stereocenters. The van der Waals surface area contributed by atoms with Gasteiger partial charge in [0.15, 0.2) is 0 Å². The van der Waals surface area contributed by atoms with Crippen molar-refractivity contribution in [2.75, 3.05) is 24.5 Å². The van der Waals surface area contributed by atoms with Crippen molar-refractivity contribution in [2.24, 2.45) is 5.14 Å². The van der Waals surface area contributed by atoms with E-state index in [0.717, 1.165) is 12.0 Å². The number of rotatable bonds is 7. The predicted molar refractivity (Wildman–Crippen MR) is 100 cm³/mol. The molecule has 0 aromatic heterocycles. The Morgan fingerprint density at radius 3 is 2.54 bits per heavy atom. The smallest absolute Gasteiger partial charge is 0.317 e. The van der Waals surface area contributed by atoms with Crippen LogP contribution in [-0.4, -0.2) is 56.0 Å². The van der Waals surface area contributed by atoms with Crippen molar-refractivity contribution in [3.8, 4) is 0 Å². The molecular weight excluding hydrogens is 382 g/mol. The van der Waals surface area contributed by atoms with Crippen LogP contribution < -0.4 is 10.0 Å². The van der Waals surface area contributed by atoms with E-state index in [1.165, 1.54) is 12.1 Å². The van der Waals surface area contributed by atoms with E-state index >= 15 is 0 Å². The highest BCUT2D eigenvalue weighted by Gasteiger charge is 2.32. The van der Waals surface area contributed by atoms with Gasteiger partial charge >= 0.3 is 5.97 Å². The van der Waals surface area contributed by atoms with Gasteiger partial charge in [0.2, 0.25) is 15.9 Å². The molecule has 1 aliphatic heterocycles. The Kier molecular flexibility index (Phi) is 7.57. The molecule has 10 heteroatoms. The van der Waals surface area contributed by atoms with Crippen molar-refractivity contribution in [2.45, 2.75) is 37.6 Å². The zero-order chi connectivity index (χ0) is 18.8. The third-order valence-electron chi connectivity index (χ3n) is 4.12. The van der Waals surface area contributed by atoms with Crippen LogP contribution in [0.2, 0.25) is 0 Å². The zero-order valence-electron chi connectivity index (χ0n) is 14.7. The predicted octanol–water partition coefficient (Wildman–Crippen LogP) is 0.830. The standard InChI is InChI=1S/C16H23N3O5S.ClH/c1-3-6-18(10-16(21)22)9-15(20)19-11(2)7-12-8-13(25(17,23)24)4-5-14(12)19;/h4-5,8,11H,3,6-7,9-10H2,1-2H3,(H,21,22)(H2,17,23,24);1H. The average Bonchev–Trinajstić information content (AvgIpc) is 2.80. The molecule has 0 fully saturated rings. The Morgan fingerprint density at radius 2 is 2.00 bits per heavy atom. The van der Waals surface area contributed by atoms with Crippen LogP contribution in [0.25, 0.3) is 0 Å². The summed E-state index contributed by atoms with van der Waals surface area (Å²) in [6.07, 6.45) is 1.27. The molecule has 8 nitrogen and oxygen atoms in total. The van der Waals surface area contributed by atoms with E-state index in [9.17, 15) is 18.0 Å². The van der Waals surface area contributed by atoms with E-state index in [2.05, 4.69) is 0 Å². The fraction of sp³-hybridized carbons (Fsp3) is 0.500. The van der Waals surface area contributed by atoms with Gasteiger partial charge < -0.3 is 10.0 Å². The number of carboxylic acid groups (broad SMARTS) is 1. The van der Waals surface area contributed by atoms with Gasteiger partial charge in [0.05, 0.1) is 18.0 Å². The number of aliphatic carboxylic acids is 1. The van der Waals surface area contributed by atoms with Gasteiger partial charge in [-0.3, -0.25) is 14.5 Å². The lowest BCUT2D eigenvalue weighted by Gasteiger charge is -2.26. The van der Waals surface area contributed by atoms with E-state index in [4.69, 9.17) is 10.2 Å². The first-order chi connectivity index (χ1) is 11.6. The highest BCUT2D eigenvalue weighted by molar-refractivity contribution is 7.89. The molecule has 1 heterocycles. The van der Waals surface area contributed by atoms with E-state index in [0.29, 0.717) is 18.7 Å². The first kappa shape index (κ1) is 22.4. The Morgan fingerprint density at radius 1 is 1.35 bits per heavy atom. The van der Waals surface area contributed by atoms with Crippen LogP contribution in [0, 0.1) is 0 Å². The third-order valence-corrected chi connectivity index (χ3v) is 5.03. The number of halogens is 1. The van der Waals surface area contributed by atoms with E-state index < -0.39 is 16.0 Å². The highest BCUT2D eigenvalue weighted by atomic mass is 35.5. The van der Waals surface area contributed by atoms with Crippen LogP contribution in [0.15, 0.2) is 23.1 Å². The van der Waals surface area contributed by atoms with Gasteiger partial charge in [0.1, 0.15) is 0 Å². The van der Waals surface area contributed by atoms with Gasteiger partial charge in [0, 0.05) is 11.7 Å². The molecule has 1 atom stereocenters. The van der Waals surface area contributed by atoms with Crippen molar-refractivity contribution in [1.82, 2.24) is 4.90 Å². The zero-order valence-corrected chi connectivity index (χ0v) is 16.3. The fourth-order valence-electron chi connectivity index (χ4n) is 3.15. The van der Waals surface area contributed by atoms with Gasteiger partial charge in [-0.2, -0.15) is 0 Å². The maximum atomic E-state index is 12.7. The minimum atomic E-state index is -3.80. The van der Waals surface area contributed by atoms with Gasteiger partial charge in [-0.1, -0.05) is 6.92 Å². The Hall–Kier alpha value is -1.68. The summed E-state index contributed by atoms with van der Waals surface area (Å²) < 4.78 is 23.0. The first-order valence-electron chi connectivity index (χ1n) is 8.05. The molecule has 146 valence electrons. The summed E-state index contributed by atoms with van der Waals surface area (Å²) >= 11 is 0. The van der Waals surface area contributed by atoms with Crippen LogP contribution in [0.4, 0.5) is 5.69 Å². The minimum absolute atomic E-state index is 0. The average molecular weight is 406 g/mol. The summed E-state index contributed by atoms with van der Waals surface area (Å²) in [7, 11) is -3.80. The molecule has 2 rings (SSSR count). The number of amides is 1. The second kappa shape index (κ2) is 8.81. The molecule has 0 aliphatic carbocycles. The number of fused-ring (bicyclic) bond motifs is 1. The molecule has 1 aliphatic rings. The van der Waals surface area contributed by atoms with Crippen LogP contribution >= 0.6 is 12.4 Å². The van der Waals surface area contributed by atoms with Crippen molar-refractivity contribution in [3.63, 3.8) is 0 Å². The van der Waals surface area contributed by atoms with E-state index in [1.807, 2.05) is 13.8 Å². The van der Waals surface area contributed by atoms with Crippen LogP contribution in [0.3, 0.4) is 0 Å². The number of nitrogens with two attached hydrogens (primary N) is 1. The van der Waals surface area contributed by atoms with Gasteiger partial charge in [-0.25, -0.2) is 13.6 Å². The molecule has 0 radical (unpaired) electrons. The fourth-order valence-corrected chi connectivity index (χ4v) is 3.72. The second-order valence-corrected chi connectivity index (χ2v) is 7.82. The number of carbonyl (C=O) groups excluding carboxylic acids is 1. The third kappa shape index (κ3) is 5.16. The summed E-state index contributed by atoms with van der Waals surface area (Å²) in [5.74, 6) is -1.18. The quantitative estimate of drug-likeness (QED) is 0.693. The summed E-state index contributed by atoms with van der Waals surface area (Å²) in [5.41, 5.74) is 1.39. The molecule has 0 saturated carbocycles. The SMILES string of the molecule is CCCN(CC(=O)O)CC(=O)N1c2ccc(S(N)(=O)=O)cc2CC1C.Cl. The Balaban J connectivity index is 0.00000338. The number of nitrogens with zero attached hydrogens (tertiary/aromatic N) is 2. The largest absolute Gasteiger partial charge is 0.480 e.